The van der Waals surface area contributed by atoms with Crippen LogP contribution in [0.25, 0.3) is 0 Å². The number of aliphatic carboxylic acids is 1. The van der Waals surface area contributed by atoms with E-state index in [0.29, 0.717) is 42.7 Å². The summed E-state index contributed by atoms with van der Waals surface area (Å²) in [5.74, 6) is -0.187. The minimum Gasteiger partial charge on any atom is -0.491 e. The van der Waals surface area contributed by atoms with Crippen molar-refractivity contribution in [2.75, 3.05) is 19.8 Å². The molecule has 1 saturated carbocycles. The fourth-order valence-electron chi connectivity index (χ4n) is 4.77. The second-order valence-corrected chi connectivity index (χ2v) is 11.4. The zero-order valence-corrected chi connectivity index (χ0v) is 25.0. The van der Waals surface area contributed by atoms with Crippen molar-refractivity contribution in [2.24, 2.45) is 5.73 Å². The van der Waals surface area contributed by atoms with Gasteiger partial charge in [0.2, 0.25) is 0 Å². The molecule has 1 heterocycles. The highest BCUT2D eigenvalue weighted by Gasteiger charge is 2.44. The third-order valence-electron chi connectivity index (χ3n) is 7.45. The van der Waals surface area contributed by atoms with Gasteiger partial charge in [0.05, 0.1) is 19.3 Å². The number of carboxylic acid groups (broad SMARTS) is 1. The van der Waals surface area contributed by atoms with Crippen LogP contribution < -0.4 is 10.5 Å². The number of ether oxygens (including phenoxy) is 3. The molecule has 5 rings (SSSR count). The lowest BCUT2D eigenvalue weighted by Crippen LogP contribution is -2.55. The number of aliphatic hydroxyl groups excluding tert-OH is 4. The van der Waals surface area contributed by atoms with Crippen LogP contribution in [0.3, 0.4) is 0 Å². The lowest BCUT2D eigenvalue weighted by Gasteiger charge is -2.40. The molecule has 0 amide bonds. The first-order chi connectivity index (χ1) is 21.2. The Balaban J connectivity index is 0.000000309. The van der Waals surface area contributed by atoms with E-state index in [1.807, 2.05) is 60.7 Å². The summed E-state index contributed by atoms with van der Waals surface area (Å²) in [7, 11) is 0. The Morgan fingerprint density at radius 1 is 0.932 bits per heavy atom. The topological polar surface area (TPSA) is 172 Å². The van der Waals surface area contributed by atoms with Gasteiger partial charge in [-0.3, -0.25) is 4.79 Å². The van der Waals surface area contributed by atoms with E-state index in [9.17, 15) is 25.2 Å². The van der Waals surface area contributed by atoms with Gasteiger partial charge in [-0.05, 0) is 66.1 Å². The number of aliphatic hydroxyl groups is 4. The Labute approximate surface area is 261 Å². The lowest BCUT2D eigenvalue weighted by molar-refractivity contribution is -0.231. The Morgan fingerprint density at radius 3 is 2.27 bits per heavy atom. The molecule has 1 aliphatic carbocycles. The van der Waals surface area contributed by atoms with Crippen LogP contribution in [0.4, 0.5) is 0 Å². The van der Waals surface area contributed by atoms with Crippen molar-refractivity contribution in [3.63, 3.8) is 0 Å². The van der Waals surface area contributed by atoms with Gasteiger partial charge >= 0.3 is 5.97 Å². The molecule has 0 aromatic heterocycles. The van der Waals surface area contributed by atoms with Crippen molar-refractivity contribution in [2.45, 2.75) is 68.3 Å². The van der Waals surface area contributed by atoms with Gasteiger partial charge in [-0.1, -0.05) is 66.2 Å². The number of carboxylic acids is 1. The Hall–Kier alpha value is -3.06. The van der Waals surface area contributed by atoms with Gasteiger partial charge < -0.3 is 45.5 Å². The maximum absolute atomic E-state index is 10.4. The maximum atomic E-state index is 10.4. The molecule has 0 radical (unpaired) electrons. The third kappa shape index (κ3) is 9.72. The first kappa shape index (κ1) is 33.8. The number of benzene rings is 3. The number of halogens is 1. The number of nitrogens with two attached hydrogens (primary N) is 1. The van der Waals surface area contributed by atoms with Crippen molar-refractivity contribution in [3.05, 3.63) is 100 Å². The van der Waals surface area contributed by atoms with Gasteiger partial charge in [0.1, 0.15) is 48.9 Å². The maximum Gasteiger partial charge on any atom is 0.320 e. The molecule has 0 bridgehead atoms. The molecular weight excluding hydrogens is 590 g/mol. The van der Waals surface area contributed by atoms with Gasteiger partial charge in [0.25, 0.3) is 0 Å². The molecule has 2 fully saturated rings. The van der Waals surface area contributed by atoms with E-state index in [1.54, 1.807) is 12.1 Å². The van der Waals surface area contributed by atoms with Crippen molar-refractivity contribution in [1.82, 2.24) is 0 Å². The van der Waals surface area contributed by atoms with Crippen LogP contribution in [0.1, 0.15) is 41.2 Å². The summed E-state index contributed by atoms with van der Waals surface area (Å²) < 4.78 is 16.9. The molecule has 238 valence electrons. The summed E-state index contributed by atoms with van der Waals surface area (Å²) in [6.45, 7) is 0.638. The van der Waals surface area contributed by atoms with Crippen molar-refractivity contribution >= 4 is 17.6 Å². The smallest absolute Gasteiger partial charge is 0.320 e. The zero-order valence-electron chi connectivity index (χ0n) is 24.2. The number of hydrogen-bond acceptors (Lipinski definition) is 9. The first-order valence-corrected chi connectivity index (χ1v) is 15.0. The summed E-state index contributed by atoms with van der Waals surface area (Å²) in [5, 5.41) is 49.0. The number of carbonyl (C=O) groups is 1. The van der Waals surface area contributed by atoms with Gasteiger partial charge in [-0.25, -0.2) is 0 Å². The normalized spacial score (nSPS) is 23.7. The Morgan fingerprint density at radius 2 is 1.64 bits per heavy atom. The summed E-state index contributed by atoms with van der Waals surface area (Å²) in [6, 6.07) is 21.5. The van der Waals surface area contributed by atoms with Crippen LogP contribution in [0.2, 0.25) is 5.02 Å². The van der Waals surface area contributed by atoms with E-state index in [4.69, 9.17) is 36.7 Å². The number of hydrogen-bond donors (Lipinski definition) is 6. The summed E-state index contributed by atoms with van der Waals surface area (Å²) in [6.07, 6.45) is -2.34. The van der Waals surface area contributed by atoms with Crippen molar-refractivity contribution < 1.29 is 44.5 Å². The second kappa shape index (κ2) is 16.3. The van der Waals surface area contributed by atoms with E-state index in [-0.39, 0.29) is 0 Å². The van der Waals surface area contributed by atoms with Crippen molar-refractivity contribution in [1.29, 1.82) is 0 Å². The molecule has 2 aliphatic rings. The first-order valence-electron chi connectivity index (χ1n) is 14.6. The van der Waals surface area contributed by atoms with Gasteiger partial charge in [-0.15, -0.1) is 0 Å². The average Bonchev–Trinajstić information content (AvgIpc) is 3.86. The number of rotatable bonds is 12. The van der Waals surface area contributed by atoms with E-state index < -0.39 is 49.1 Å². The minimum absolute atomic E-state index is 0.385. The second-order valence-electron chi connectivity index (χ2n) is 11.0. The lowest BCUT2D eigenvalue weighted by atomic mass is 9.90. The van der Waals surface area contributed by atoms with Crippen LogP contribution in [-0.2, 0) is 27.1 Å². The largest absolute Gasteiger partial charge is 0.491 e. The molecule has 11 heteroatoms. The highest BCUT2D eigenvalue weighted by atomic mass is 35.5. The molecule has 6 atom stereocenters. The fraction of sp³-hybridized carbons (Fsp3) is 0.424. The molecule has 7 N–H and O–H groups in total. The molecule has 0 unspecified atom stereocenters. The molecule has 44 heavy (non-hydrogen) atoms. The quantitative estimate of drug-likeness (QED) is 0.164. The predicted molar refractivity (Wildman–Crippen MR) is 164 cm³/mol. The van der Waals surface area contributed by atoms with E-state index in [1.165, 1.54) is 0 Å². The molecule has 1 aliphatic heterocycles. The highest BCUT2D eigenvalue weighted by molar-refractivity contribution is 6.31. The van der Waals surface area contributed by atoms with E-state index >= 15 is 0 Å². The molecular formula is C33H40ClNO9. The summed E-state index contributed by atoms with van der Waals surface area (Å²) in [4.78, 5) is 10.4. The van der Waals surface area contributed by atoms with Crippen molar-refractivity contribution in [3.8, 4) is 5.75 Å². The SMILES string of the molecule is N[C@@H](Cc1ccccc1)C(=O)O.OC[C@H]1O[C@@H](c2ccc(Cl)c(Cc3ccc(OCCOC4CC4)cc3)c2)[C@H](O)[C@@H](O)[C@@H]1O. The Kier molecular flexibility index (Phi) is 12.5. The molecule has 3 aromatic rings. The van der Waals surface area contributed by atoms with Crippen LogP contribution in [0.5, 0.6) is 5.75 Å². The van der Waals surface area contributed by atoms with Gasteiger partial charge in [0.15, 0.2) is 0 Å². The highest BCUT2D eigenvalue weighted by Crippen LogP contribution is 2.34. The van der Waals surface area contributed by atoms with Crippen LogP contribution in [0.15, 0.2) is 72.8 Å². The predicted octanol–water partition coefficient (Wildman–Crippen LogP) is 2.64. The molecule has 3 aromatic carbocycles. The van der Waals surface area contributed by atoms with Crippen LogP contribution in [0, 0.1) is 0 Å². The van der Waals surface area contributed by atoms with Crippen LogP contribution >= 0.6 is 11.6 Å². The third-order valence-corrected chi connectivity index (χ3v) is 7.82. The fourth-order valence-corrected chi connectivity index (χ4v) is 4.96. The molecule has 1 saturated heterocycles. The molecule has 10 nitrogen and oxygen atoms in total. The minimum atomic E-state index is -1.42. The summed E-state index contributed by atoms with van der Waals surface area (Å²) in [5.41, 5.74) is 8.76. The van der Waals surface area contributed by atoms with E-state index in [2.05, 4.69) is 0 Å². The molecule has 0 spiro atoms. The van der Waals surface area contributed by atoms with Gasteiger partial charge in [-0.2, -0.15) is 0 Å². The van der Waals surface area contributed by atoms with Crippen LogP contribution in [-0.4, -0.2) is 87.9 Å². The summed E-state index contributed by atoms with van der Waals surface area (Å²) >= 11 is 6.40. The van der Waals surface area contributed by atoms with Gasteiger partial charge in [0, 0.05) is 5.02 Å². The zero-order chi connectivity index (χ0) is 31.6. The Bertz CT molecular complexity index is 1320. The average molecular weight is 630 g/mol. The monoisotopic (exact) mass is 629 g/mol. The van der Waals surface area contributed by atoms with E-state index in [0.717, 1.165) is 35.3 Å². The standard InChI is InChI=1S/C24H29ClO7.C9H11NO2/c25-19-8-3-15(24-23(29)22(28)21(27)20(13-26)32-24)12-16(19)11-14-1-4-17(5-2-14)30-9-10-31-18-6-7-18;10-8(9(11)12)6-7-4-2-1-3-5-7/h1-5,8,12,18,20-24,26-29H,6-7,9-11,13H2;1-5,8H,6,10H2,(H,11,12)/t20-,21-,22+,23-,24+;8-/m10/s1.